The normalized spacial score (nSPS) is 11.5. The van der Waals surface area contributed by atoms with Gasteiger partial charge in [-0.1, -0.05) is 60.7 Å². The summed E-state index contributed by atoms with van der Waals surface area (Å²) < 4.78 is 0. The Labute approximate surface area is 207 Å². The van der Waals surface area contributed by atoms with Gasteiger partial charge < -0.3 is 16.4 Å². The van der Waals surface area contributed by atoms with Crippen LogP contribution in [-0.4, -0.2) is 19.9 Å². The van der Waals surface area contributed by atoms with Crippen LogP contribution in [0.15, 0.2) is 72.8 Å². The summed E-state index contributed by atoms with van der Waals surface area (Å²) in [5.74, 6) is 1.97. The van der Waals surface area contributed by atoms with Crippen molar-refractivity contribution in [3.63, 3.8) is 0 Å². The molecule has 2 aromatic heterocycles. The molecule has 0 aliphatic heterocycles. The zero-order valence-corrected chi connectivity index (χ0v) is 20.9. The molecule has 166 valence electrons. The van der Waals surface area contributed by atoms with Crippen LogP contribution in [0.4, 0.5) is 0 Å². The summed E-state index contributed by atoms with van der Waals surface area (Å²) >= 11 is -1.62. The van der Waals surface area contributed by atoms with Crippen LogP contribution in [0.5, 0.6) is 0 Å². The summed E-state index contributed by atoms with van der Waals surface area (Å²) in [6.07, 6.45) is 3.78. The summed E-state index contributed by atoms with van der Waals surface area (Å²) in [4.78, 5) is 16.6. The number of nitrogens with zero attached hydrogens (tertiary/aromatic N) is 2. The molecule has 0 unspecified atom stereocenters. The monoisotopic (exact) mass is 532 g/mol. The van der Waals surface area contributed by atoms with Crippen molar-refractivity contribution in [2.75, 3.05) is 0 Å². The fraction of sp³-hybridized carbons (Fsp3) is 0.0800. The molecule has 0 fully saturated rings. The number of H-pyrrole nitrogens is 2. The van der Waals surface area contributed by atoms with Crippen molar-refractivity contribution in [1.82, 2.24) is 19.9 Å². The molecule has 6 aromatic rings. The van der Waals surface area contributed by atoms with E-state index in [0.29, 0.717) is 0 Å². The Morgan fingerprint density at radius 2 is 1.30 bits per heavy atom. The molecule has 33 heavy (non-hydrogen) atoms. The van der Waals surface area contributed by atoms with Crippen molar-refractivity contribution < 1.29 is 11.4 Å². The first kappa shape index (κ1) is 22.5. The maximum atomic E-state index is 4.93. The summed E-state index contributed by atoms with van der Waals surface area (Å²) in [6, 6.07) is 25.3. The smallest absolute Gasteiger partial charge is 0.0963 e. The molecule has 4 nitrogen and oxygen atoms in total. The van der Waals surface area contributed by atoms with E-state index < -0.39 is 11.4 Å². The van der Waals surface area contributed by atoms with E-state index in [9.17, 15) is 0 Å². The van der Waals surface area contributed by atoms with Crippen LogP contribution in [0.3, 0.4) is 0 Å². The fourth-order valence-corrected chi connectivity index (χ4v) is 4.14. The molecule has 4 aromatic carbocycles. The molecule has 2 heterocycles. The van der Waals surface area contributed by atoms with Crippen molar-refractivity contribution in [2.24, 2.45) is 0 Å². The second-order valence-electron chi connectivity index (χ2n) is 7.60. The molecule has 0 radical (unpaired) electrons. The van der Waals surface area contributed by atoms with Crippen LogP contribution in [0.2, 0.25) is 0 Å². The van der Waals surface area contributed by atoms with E-state index in [4.69, 9.17) is 40.1 Å². The van der Waals surface area contributed by atoms with Crippen molar-refractivity contribution in [3.05, 3.63) is 90.9 Å². The Bertz CT molecular complexity index is 1440. The van der Waals surface area contributed by atoms with Crippen molar-refractivity contribution in [1.29, 1.82) is 0 Å². The number of aromatic nitrogens is 4. The van der Waals surface area contributed by atoms with Gasteiger partial charge in [-0.15, -0.1) is 12.8 Å². The van der Waals surface area contributed by atoms with Gasteiger partial charge in [-0.2, -0.15) is 0 Å². The molecule has 0 atom stereocenters. The van der Waals surface area contributed by atoms with Crippen molar-refractivity contribution >= 4 is 73.8 Å². The van der Waals surface area contributed by atoms with Crippen molar-refractivity contribution in [2.45, 2.75) is 12.8 Å². The van der Waals surface area contributed by atoms with Crippen LogP contribution in [0.1, 0.15) is 11.6 Å². The summed E-state index contributed by atoms with van der Waals surface area (Å²) in [7, 11) is 14.8. The standard InChI is InChI=1S/C25H19N4.3ClH.Cr/c1-3-8-18-16(6-1)12-14-20-24(18)28-22(26-20)10-5-11-23-27-21-15-13-17-7-2-4-9-19(17)25(21)29-23;;;;/h1-9,12-15H,10-11H2,(H,26,28)(H,27,29);3*1H;/q-1;;;;+4/p-3. The molecular formula is C25H19Cl3CrN4. The van der Waals surface area contributed by atoms with Gasteiger partial charge in [0.15, 0.2) is 0 Å². The number of imidazole rings is 2. The maximum absolute atomic E-state index is 4.93. The summed E-state index contributed by atoms with van der Waals surface area (Å²) in [6.45, 7) is 0. The predicted molar refractivity (Wildman–Crippen MR) is 136 cm³/mol. The zero-order chi connectivity index (χ0) is 22.8. The molecule has 6 rings (SSSR count). The Balaban J connectivity index is 0.000000531. The minimum absolute atomic E-state index is 0.779. The minimum Gasteiger partial charge on any atom is -0.344 e. The topological polar surface area (TPSA) is 57.4 Å². The van der Waals surface area contributed by atoms with Gasteiger partial charge in [0.1, 0.15) is 0 Å². The quantitative estimate of drug-likeness (QED) is 0.227. The Morgan fingerprint density at radius 1 is 0.697 bits per heavy atom. The average molecular weight is 534 g/mol. The maximum Gasteiger partial charge on any atom is 0.0963 e. The largest absolute Gasteiger partial charge is 0.344 e. The number of hydrogen-bond acceptors (Lipinski definition) is 2. The fourth-order valence-electron chi connectivity index (χ4n) is 4.14. The number of hydrogen-bond donors (Lipinski definition) is 2. The SMILES string of the molecule is [Cl][Cr+]([Cl])[Cl].c1ccc2c(c1)ccc1[nH]c(C[CH-]Cc3nc4ccc5ccccc5c4[nH]3)nc12. The molecule has 0 saturated carbocycles. The van der Waals surface area contributed by atoms with Gasteiger partial charge in [0.05, 0.1) is 33.7 Å². The number of halogens is 3. The molecule has 0 aliphatic carbocycles. The third-order valence-corrected chi connectivity index (χ3v) is 5.53. The Kier molecular flexibility index (Phi) is 6.78. The first-order chi connectivity index (χ1) is 16.1. The van der Waals surface area contributed by atoms with E-state index in [0.717, 1.165) is 46.6 Å². The first-order valence-electron chi connectivity index (χ1n) is 10.4. The number of benzene rings is 4. The van der Waals surface area contributed by atoms with Gasteiger partial charge in [0.2, 0.25) is 0 Å². The minimum atomic E-state index is -1.62. The van der Waals surface area contributed by atoms with Gasteiger partial charge in [-0.3, -0.25) is 0 Å². The Morgan fingerprint density at radius 3 is 2.06 bits per heavy atom. The van der Waals surface area contributed by atoms with E-state index in [-0.39, 0.29) is 0 Å². The first-order valence-corrected chi connectivity index (χ1v) is 15.6. The van der Waals surface area contributed by atoms with Crippen LogP contribution >= 0.6 is 30.1 Å². The number of aromatic amines is 2. The Hall–Kier alpha value is -2.26. The molecular weight excluding hydrogens is 515 g/mol. The van der Waals surface area contributed by atoms with Gasteiger partial charge in [-0.05, 0) is 22.9 Å². The third kappa shape index (κ3) is 4.99. The molecule has 2 N–H and O–H groups in total. The zero-order valence-electron chi connectivity index (χ0n) is 17.4. The molecule has 0 saturated heterocycles. The third-order valence-electron chi connectivity index (χ3n) is 5.53. The van der Waals surface area contributed by atoms with Gasteiger partial charge in [-0.25, -0.2) is 9.97 Å². The van der Waals surface area contributed by atoms with Gasteiger partial charge in [0.25, 0.3) is 0 Å². The van der Waals surface area contributed by atoms with Crippen LogP contribution in [-0.2, 0) is 24.2 Å². The van der Waals surface area contributed by atoms with E-state index in [1.54, 1.807) is 0 Å². The van der Waals surface area contributed by atoms with Crippen LogP contribution in [0, 0.1) is 6.42 Å². The second kappa shape index (κ2) is 9.93. The van der Waals surface area contributed by atoms with Crippen molar-refractivity contribution in [3.8, 4) is 0 Å². The van der Waals surface area contributed by atoms with Crippen LogP contribution < -0.4 is 0 Å². The summed E-state index contributed by atoms with van der Waals surface area (Å²) in [5.41, 5.74) is 4.26. The summed E-state index contributed by atoms with van der Waals surface area (Å²) in [5, 5.41) is 4.86. The number of nitrogens with one attached hydrogen (secondary N) is 2. The number of rotatable bonds is 4. The van der Waals surface area contributed by atoms with E-state index in [1.165, 1.54) is 21.5 Å². The molecule has 0 spiro atoms. The average Bonchev–Trinajstić information content (AvgIpc) is 3.42. The molecule has 0 bridgehead atoms. The van der Waals surface area contributed by atoms with E-state index in [1.807, 2.05) is 0 Å². The second-order valence-corrected chi connectivity index (χ2v) is 13.9. The van der Waals surface area contributed by atoms with Gasteiger partial charge >= 0.3 is 41.5 Å². The molecule has 0 aliphatic rings. The molecule has 8 heteroatoms. The van der Waals surface area contributed by atoms with E-state index >= 15 is 0 Å². The number of fused-ring (bicyclic) bond motifs is 6. The predicted octanol–water partition coefficient (Wildman–Crippen LogP) is 7.80. The molecule has 0 amide bonds. The van der Waals surface area contributed by atoms with E-state index in [2.05, 4.69) is 89.2 Å². The van der Waals surface area contributed by atoms with Crippen LogP contribution in [0.25, 0.3) is 43.6 Å². The van der Waals surface area contributed by atoms with Gasteiger partial charge in [0, 0.05) is 10.8 Å².